The summed E-state index contributed by atoms with van der Waals surface area (Å²) >= 11 is 6.12. The molecule has 0 bridgehead atoms. The van der Waals surface area contributed by atoms with E-state index in [1.165, 1.54) is 10.9 Å². The monoisotopic (exact) mass is 628 g/mol. The fourth-order valence-corrected chi connectivity index (χ4v) is 6.03. The number of carbonyl (C=O) groups is 1. The number of rotatable bonds is 12. The van der Waals surface area contributed by atoms with Gasteiger partial charge in [-0.15, -0.1) is 0 Å². The zero-order chi connectivity index (χ0) is 32.0. The van der Waals surface area contributed by atoms with Crippen LogP contribution in [0.4, 0.5) is 0 Å². The summed E-state index contributed by atoms with van der Waals surface area (Å²) in [5.41, 5.74) is 18.1. The molecule has 0 saturated heterocycles. The molecule has 1 aromatic heterocycles. The number of halogens is 1. The van der Waals surface area contributed by atoms with Gasteiger partial charge in [-0.3, -0.25) is 10.2 Å². The molecular formula is C38H37ClN6O. The lowest BCUT2D eigenvalue weighted by Crippen LogP contribution is -2.34. The maximum absolute atomic E-state index is 13.9. The minimum atomic E-state index is -0.0664. The van der Waals surface area contributed by atoms with E-state index in [0.29, 0.717) is 30.8 Å². The number of imidazole rings is 1. The second-order valence-corrected chi connectivity index (χ2v) is 12.0. The first-order valence-electron chi connectivity index (χ1n) is 15.5. The Kier molecular flexibility index (Phi) is 9.43. The molecule has 0 aliphatic heterocycles. The number of nitrogens with one attached hydrogen (secondary N) is 1. The van der Waals surface area contributed by atoms with E-state index in [0.717, 1.165) is 64.2 Å². The Balaban J connectivity index is 1.27. The van der Waals surface area contributed by atoms with Crippen molar-refractivity contribution in [3.8, 4) is 0 Å². The van der Waals surface area contributed by atoms with Gasteiger partial charge in [-0.05, 0) is 76.7 Å². The van der Waals surface area contributed by atoms with Crippen molar-refractivity contribution in [2.75, 3.05) is 13.1 Å². The molecule has 0 fully saturated rings. The molecule has 0 saturated carbocycles. The van der Waals surface area contributed by atoms with Crippen LogP contribution in [0.5, 0.6) is 0 Å². The number of aryl methyl sites for hydroxylation is 4. The Morgan fingerprint density at radius 2 is 1.46 bits per heavy atom. The number of nitrogens with zero attached hydrogens (tertiary/aromatic N) is 3. The number of benzene rings is 5. The number of amidine groups is 1. The lowest BCUT2D eigenvalue weighted by Gasteiger charge is -2.22. The molecule has 0 aliphatic rings. The van der Waals surface area contributed by atoms with Gasteiger partial charge in [-0.2, -0.15) is 0 Å². The average Bonchev–Trinajstić information content (AvgIpc) is 3.43. The Morgan fingerprint density at radius 1 is 0.783 bits per heavy atom. The number of fused-ring (bicyclic) bond motifs is 2. The van der Waals surface area contributed by atoms with Gasteiger partial charge in [-0.25, -0.2) is 4.98 Å². The van der Waals surface area contributed by atoms with E-state index in [9.17, 15) is 4.79 Å². The second kappa shape index (κ2) is 14.0. The molecule has 0 radical (unpaired) electrons. The number of hydrogen-bond donors (Lipinski definition) is 3. The number of hydrogen-bond acceptors (Lipinski definition) is 4. The van der Waals surface area contributed by atoms with E-state index >= 15 is 0 Å². The van der Waals surface area contributed by atoms with Gasteiger partial charge in [0.25, 0.3) is 5.91 Å². The molecule has 6 rings (SSSR count). The topological polar surface area (TPSA) is 114 Å². The summed E-state index contributed by atoms with van der Waals surface area (Å²) in [6.07, 6.45) is 2.32. The van der Waals surface area contributed by atoms with Gasteiger partial charge in [0.05, 0.1) is 11.0 Å². The molecule has 0 aliphatic carbocycles. The highest BCUT2D eigenvalue weighted by Gasteiger charge is 2.19. The van der Waals surface area contributed by atoms with Gasteiger partial charge < -0.3 is 20.9 Å². The van der Waals surface area contributed by atoms with Crippen molar-refractivity contribution in [1.29, 1.82) is 5.41 Å². The molecule has 5 N–H and O–H groups in total. The Labute approximate surface area is 273 Å². The third-order valence-corrected chi connectivity index (χ3v) is 8.64. The second-order valence-electron chi connectivity index (χ2n) is 11.6. The van der Waals surface area contributed by atoms with Gasteiger partial charge >= 0.3 is 0 Å². The van der Waals surface area contributed by atoms with Crippen molar-refractivity contribution >= 4 is 45.1 Å². The maximum Gasteiger partial charge on any atom is 0.254 e. The smallest absolute Gasteiger partial charge is 0.254 e. The summed E-state index contributed by atoms with van der Waals surface area (Å²) in [7, 11) is 0. The molecule has 8 heteroatoms. The van der Waals surface area contributed by atoms with Crippen LogP contribution in [0.25, 0.3) is 21.8 Å². The maximum atomic E-state index is 13.9. The zero-order valence-corrected chi connectivity index (χ0v) is 26.4. The van der Waals surface area contributed by atoms with Crippen LogP contribution in [0, 0.1) is 5.41 Å². The van der Waals surface area contributed by atoms with Crippen molar-refractivity contribution in [3.05, 3.63) is 148 Å². The van der Waals surface area contributed by atoms with Crippen molar-refractivity contribution < 1.29 is 4.79 Å². The van der Waals surface area contributed by atoms with Gasteiger partial charge in [0.15, 0.2) is 0 Å². The SMILES string of the molecule is N=C(N)c1ccc(CCc2nc3cc(C(=O)N(CCN)Cc4ccc5ccccc5c4)ccc3n2CCc2ccc(Cl)cc2)cc1. The van der Waals surface area contributed by atoms with Crippen molar-refractivity contribution in [2.24, 2.45) is 11.5 Å². The zero-order valence-electron chi connectivity index (χ0n) is 25.6. The number of nitrogens with two attached hydrogens (primary N) is 2. The van der Waals surface area contributed by atoms with E-state index in [2.05, 4.69) is 47.0 Å². The van der Waals surface area contributed by atoms with Crippen molar-refractivity contribution in [2.45, 2.75) is 32.4 Å². The Hall–Kier alpha value is -4.98. The van der Waals surface area contributed by atoms with Crippen LogP contribution >= 0.6 is 11.6 Å². The predicted octanol–water partition coefficient (Wildman–Crippen LogP) is 6.76. The summed E-state index contributed by atoms with van der Waals surface area (Å²) < 4.78 is 2.26. The average molecular weight is 629 g/mol. The number of carbonyl (C=O) groups excluding carboxylic acids is 1. The lowest BCUT2D eigenvalue weighted by molar-refractivity contribution is 0.0748. The molecule has 7 nitrogen and oxygen atoms in total. The van der Waals surface area contributed by atoms with E-state index in [1.807, 2.05) is 71.6 Å². The van der Waals surface area contributed by atoms with Crippen LogP contribution in [0.15, 0.2) is 109 Å². The Morgan fingerprint density at radius 3 is 2.20 bits per heavy atom. The summed E-state index contributed by atoms with van der Waals surface area (Å²) in [5.74, 6) is 0.950. The number of aromatic nitrogens is 2. The highest BCUT2D eigenvalue weighted by atomic mass is 35.5. The van der Waals surface area contributed by atoms with Crippen LogP contribution in [-0.4, -0.2) is 39.3 Å². The summed E-state index contributed by atoms with van der Waals surface area (Å²) in [4.78, 5) is 20.7. The fourth-order valence-electron chi connectivity index (χ4n) is 5.90. The standard InChI is InChI=1S/C38H37ClN6O/c39-33-15-8-27(9-16-33)19-21-45-35-17-14-32(24-34(35)43-36(45)18-10-26-5-12-30(13-6-26)37(41)42)38(46)44(22-20-40)25-28-7-11-29-3-1-2-4-31(29)23-28/h1-9,11-17,23-24H,10,18-22,25,40H2,(H3,41,42). The first kappa shape index (κ1) is 31.0. The molecule has 232 valence electrons. The van der Waals surface area contributed by atoms with Gasteiger partial charge in [0.2, 0.25) is 0 Å². The number of nitrogen functional groups attached to an aromatic ring is 1. The van der Waals surface area contributed by atoms with Gasteiger partial charge in [0.1, 0.15) is 11.7 Å². The first-order chi connectivity index (χ1) is 22.4. The quantitative estimate of drug-likeness (QED) is 0.103. The molecule has 1 amide bonds. The van der Waals surface area contributed by atoms with Crippen LogP contribution in [0.2, 0.25) is 5.02 Å². The van der Waals surface area contributed by atoms with Crippen LogP contribution in [0.3, 0.4) is 0 Å². The highest BCUT2D eigenvalue weighted by molar-refractivity contribution is 6.30. The van der Waals surface area contributed by atoms with Gasteiger partial charge in [0, 0.05) is 48.7 Å². The van der Waals surface area contributed by atoms with E-state index < -0.39 is 0 Å². The molecule has 46 heavy (non-hydrogen) atoms. The number of amides is 1. The largest absolute Gasteiger partial charge is 0.384 e. The fraction of sp³-hybridized carbons (Fsp3) is 0.184. The molecule has 0 unspecified atom stereocenters. The third kappa shape index (κ3) is 7.12. The normalized spacial score (nSPS) is 11.3. The van der Waals surface area contributed by atoms with E-state index in [-0.39, 0.29) is 11.7 Å². The highest BCUT2D eigenvalue weighted by Crippen LogP contribution is 2.23. The summed E-state index contributed by atoms with van der Waals surface area (Å²) in [5, 5.41) is 10.7. The molecule has 0 spiro atoms. The van der Waals surface area contributed by atoms with E-state index in [1.54, 1.807) is 0 Å². The van der Waals surface area contributed by atoms with Crippen LogP contribution in [-0.2, 0) is 32.4 Å². The van der Waals surface area contributed by atoms with Crippen molar-refractivity contribution in [1.82, 2.24) is 14.5 Å². The molecule has 5 aromatic carbocycles. The Bertz CT molecular complexity index is 2000. The van der Waals surface area contributed by atoms with Crippen LogP contribution in [0.1, 0.15) is 38.4 Å². The van der Waals surface area contributed by atoms with Gasteiger partial charge in [-0.1, -0.05) is 84.4 Å². The van der Waals surface area contributed by atoms with Crippen molar-refractivity contribution in [3.63, 3.8) is 0 Å². The predicted molar refractivity (Wildman–Crippen MR) is 187 cm³/mol. The molecule has 6 aromatic rings. The van der Waals surface area contributed by atoms with Crippen LogP contribution < -0.4 is 11.5 Å². The molecular weight excluding hydrogens is 592 g/mol. The third-order valence-electron chi connectivity index (χ3n) is 8.39. The first-order valence-corrected chi connectivity index (χ1v) is 15.9. The summed E-state index contributed by atoms with van der Waals surface area (Å²) in [6, 6.07) is 36.1. The molecule has 0 atom stereocenters. The minimum absolute atomic E-state index is 0.0585. The minimum Gasteiger partial charge on any atom is -0.384 e. The lowest BCUT2D eigenvalue weighted by atomic mass is 10.1. The molecule has 1 heterocycles. The summed E-state index contributed by atoms with van der Waals surface area (Å²) in [6.45, 7) is 2.04. The van der Waals surface area contributed by atoms with E-state index in [4.69, 9.17) is 33.5 Å².